The van der Waals surface area contributed by atoms with Crippen molar-refractivity contribution >= 4 is 15.7 Å². The van der Waals surface area contributed by atoms with Gasteiger partial charge in [0.15, 0.2) is 9.84 Å². The summed E-state index contributed by atoms with van der Waals surface area (Å²) in [6.07, 6.45) is 1.18. The molecule has 2 aromatic carbocycles. The zero-order valence-electron chi connectivity index (χ0n) is 14.6. The van der Waals surface area contributed by atoms with E-state index in [2.05, 4.69) is 10.6 Å². The third kappa shape index (κ3) is 4.69. The Morgan fingerprint density at radius 3 is 2.27 bits per heavy atom. The molecule has 138 valence electrons. The normalized spacial score (nSPS) is 17.7. The van der Waals surface area contributed by atoms with Gasteiger partial charge < -0.3 is 15.4 Å². The molecule has 1 fully saturated rings. The van der Waals surface area contributed by atoms with E-state index >= 15 is 0 Å². The molecule has 0 aliphatic carbocycles. The van der Waals surface area contributed by atoms with Gasteiger partial charge in [-0.05, 0) is 35.4 Å². The second-order valence-corrected chi connectivity index (χ2v) is 8.30. The molecule has 2 aromatic rings. The molecule has 0 aromatic heterocycles. The summed E-state index contributed by atoms with van der Waals surface area (Å²) in [6, 6.07) is 13.9. The fourth-order valence-electron chi connectivity index (χ4n) is 2.77. The Balaban J connectivity index is 1.63. The van der Waals surface area contributed by atoms with Crippen molar-refractivity contribution in [3.05, 3.63) is 54.1 Å². The molecule has 1 saturated heterocycles. The van der Waals surface area contributed by atoms with Gasteiger partial charge in [-0.25, -0.2) is 8.42 Å². The SMILES string of the molecule is CS(=O)(=O)c1ccc(-c2ccc(C(=O)NC[C@@H]3CNCCO3)cc2)cc1. The quantitative estimate of drug-likeness (QED) is 0.828. The predicted molar refractivity (Wildman–Crippen MR) is 99.9 cm³/mol. The number of carbonyl (C=O) groups is 1. The van der Waals surface area contributed by atoms with Gasteiger partial charge in [-0.2, -0.15) is 0 Å². The van der Waals surface area contributed by atoms with Crippen LogP contribution in [0.15, 0.2) is 53.4 Å². The summed E-state index contributed by atoms with van der Waals surface area (Å²) >= 11 is 0. The number of hydrogen-bond acceptors (Lipinski definition) is 5. The number of hydrogen-bond donors (Lipinski definition) is 2. The van der Waals surface area contributed by atoms with Crippen LogP contribution in [0.5, 0.6) is 0 Å². The van der Waals surface area contributed by atoms with E-state index in [-0.39, 0.29) is 16.9 Å². The van der Waals surface area contributed by atoms with Crippen LogP contribution in [0.1, 0.15) is 10.4 Å². The number of rotatable bonds is 5. The maximum atomic E-state index is 12.2. The van der Waals surface area contributed by atoms with Gasteiger partial charge in [-0.15, -0.1) is 0 Å². The highest BCUT2D eigenvalue weighted by molar-refractivity contribution is 7.90. The van der Waals surface area contributed by atoms with Crippen LogP contribution in [0.3, 0.4) is 0 Å². The molecule has 0 saturated carbocycles. The van der Waals surface area contributed by atoms with E-state index in [1.165, 1.54) is 6.26 Å². The minimum absolute atomic E-state index is 0.000308. The van der Waals surface area contributed by atoms with Crippen molar-refractivity contribution in [2.45, 2.75) is 11.0 Å². The molecule has 1 atom stereocenters. The Hall–Kier alpha value is -2.22. The Labute approximate surface area is 153 Å². The second kappa shape index (κ2) is 7.99. The number of carbonyl (C=O) groups excluding carboxylic acids is 1. The Kier molecular flexibility index (Phi) is 5.70. The molecule has 0 spiro atoms. The molecule has 0 radical (unpaired) electrons. The van der Waals surface area contributed by atoms with Gasteiger partial charge in [0.2, 0.25) is 0 Å². The number of morpholine rings is 1. The maximum Gasteiger partial charge on any atom is 0.251 e. The van der Waals surface area contributed by atoms with E-state index in [1.54, 1.807) is 36.4 Å². The van der Waals surface area contributed by atoms with Crippen LogP contribution < -0.4 is 10.6 Å². The zero-order chi connectivity index (χ0) is 18.6. The fraction of sp³-hybridized carbons (Fsp3) is 0.316. The van der Waals surface area contributed by atoms with Crippen molar-refractivity contribution in [1.82, 2.24) is 10.6 Å². The van der Waals surface area contributed by atoms with Gasteiger partial charge >= 0.3 is 0 Å². The van der Waals surface area contributed by atoms with E-state index in [4.69, 9.17) is 4.74 Å². The first-order chi connectivity index (χ1) is 12.4. The smallest absolute Gasteiger partial charge is 0.251 e. The first kappa shape index (κ1) is 18.6. The zero-order valence-corrected chi connectivity index (χ0v) is 15.4. The van der Waals surface area contributed by atoms with Crippen molar-refractivity contribution < 1.29 is 17.9 Å². The van der Waals surface area contributed by atoms with Crippen molar-refractivity contribution in [2.24, 2.45) is 0 Å². The molecule has 26 heavy (non-hydrogen) atoms. The molecule has 3 rings (SSSR count). The first-order valence-corrected chi connectivity index (χ1v) is 10.3. The molecule has 7 heteroatoms. The van der Waals surface area contributed by atoms with Crippen molar-refractivity contribution in [3.63, 3.8) is 0 Å². The number of nitrogens with one attached hydrogen (secondary N) is 2. The summed E-state index contributed by atoms with van der Waals surface area (Å²) < 4.78 is 28.6. The third-order valence-electron chi connectivity index (χ3n) is 4.26. The number of amides is 1. The minimum Gasteiger partial charge on any atom is -0.374 e. The molecule has 6 nitrogen and oxygen atoms in total. The molecule has 2 N–H and O–H groups in total. The standard InChI is InChI=1S/C19H22N2O4S/c1-26(23,24)18-8-6-15(7-9-18)14-2-4-16(5-3-14)19(22)21-13-17-12-20-10-11-25-17/h2-9,17,20H,10-13H2,1H3,(H,21,22)/t17-/m0/s1. The highest BCUT2D eigenvalue weighted by atomic mass is 32.2. The van der Waals surface area contributed by atoms with Crippen LogP contribution in [-0.4, -0.2) is 52.9 Å². The molecule has 1 heterocycles. The number of benzene rings is 2. The monoisotopic (exact) mass is 374 g/mol. The van der Waals surface area contributed by atoms with Crippen molar-refractivity contribution in [3.8, 4) is 11.1 Å². The molecule has 1 amide bonds. The fourth-order valence-corrected chi connectivity index (χ4v) is 3.40. The van der Waals surface area contributed by atoms with E-state index in [9.17, 15) is 13.2 Å². The molecule has 0 bridgehead atoms. The van der Waals surface area contributed by atoms with Gasteiger partial charge in [-0.3, -0.25) is 4.79 Å². The number of sulfone groups is 1. The average molecular weight is 374 g/mol. The number of ether oxygens (including phenoxy) is 1. The van der Waals surface area contributed by atoms with Gasteiger partial charge in [0.1, 0.15) is 0 Å². The van der Waals surface area contributed by atoms with Crippen molar-refractivity contribution in [2.75, 3.05) is 32.5 Å². The summed E-state index contributed by atoms with van der Waals surface area (Å²) in [5.41, 5.74) is 2.39. The van der Waals surface area contributed by atoms with Crippen LogP contribution in [0.2, 0.25) is 0 Å². The Morgan fingerprint density at radius 1 is 1.12 bits per heavy atom. The highest BCUT2D eigenvalue weighted by Crippen LogP contribution is 2.22. The molecule has 1 aliphatic rings. The first-order valence-electron chi connectivity index (χ1n) is 8.44. The van der Waals surface area contributed by atoms with Crippen molar-refractivity contribution in [1.29, 1.82) is 0 Å². The molecular formula is C19H22N2O4S. The minimum atomic E-state index is -3.20. The van der Waals surface area contributed by atoms with Gasteiger partial charge in [0, 0.05) is 31.5 Å². The third-order valence-corrected chi connectivity index (χ3v) is 5.39. The van der Waals surface area contributed by atoms with E-state index in [1.807, 2.05) is 12.1 Å². The predicted octanol–water partition coefficient (Wildman–Crippen LogP) is 1.48. The van der Waals surface area contributed by atoms with Crippen LogP contribution in [0.4, 0.5) is 0 Å². The summed E-state index contributed by atoms with van der Waals surface area (Å²) in [5.74, 6) is -0.141. The van der Waals surface area contributed by atoms with Crippen LogP contribution in [0, 0.1) is 0 Å². The summed E-state index contributed by atoms with van der Waals surface area (Å²) in [7, 11) is -3.20. The van der Waals surface area contributed by atoms with E-state index in [0.717, 1.165) is 24.2 Å². The van der Waals surface area contributed by atoms with E-state index in [0.29, 0.717) is 18.7 Å². The lowest BCUT2D eigenvalue weighted by molar-refractivity contribution is 0.0287. The molecule has 1 aliphatic heterocycles. The van der Waals surface area contributed by atoms with Crippen LogP contribution >= 0.6 is 0 Å². The summed E-state index contributed by atoms with van der Waals surface area (Å²) in [6.45, 7) is 2.72. The van der Waals surface area contributed by atoms with Gasteiger partial charge in [0.05, 0.1) is 17.6 Å². The largest absolute Gasteiger partial charge is 0.374 e. The summed E-state index contributed by atoms with van der Waals surface area (Å²) in [4.78, 5) is 12.5. The lowest BCUT2D eigenvalue weighted by Crippen LogP contribution is -2.45. The maximum absolute atomic E-state index is 12.2. The Morgan fingerprint density at radius 2 is 1.73 bits per heavy atom. The lowest BCUT2D eigenvalue weighted by Gasteiger charge is -2.23. The average Bonchev–Trinajstić information content (AvgIpc) is 2.66. The molecular weight excluding hydrogens is 352 g/mol. The Bertz CT molecular complexity index is 855. The highest BCUT2D eigenvalue weighted by Gasteiger charge is 2.15. The topological polar surface area (TPSA) is 84.5 Å². The summed E-state index contributed by atoms with van der Waals surface area (Å²) in [5, 5.41) is 6.10. The van der Waals surface area contributed by atoms with Crippen LogP contribution in [0.25, 0.3) is 11.1 Å². The van der Waals surface area contributed by atoms with Gasteiger partial charge in [0.25, 0.3) is 5.91 Å². The lowest BCUT2D eigenvalue weighted by atomic mass is 10.0. The second-order valence-electron chi connectivity index (χ2n) is 6.28. The van der Waals surface area contributed by atoms with Gasteiger partial charge in [-0.1, -0.05) is 24.3 Å². The van der Waals surface area contributed by atoms with E-state index < -0.39 is 9.84 Å². The molecule has 0 unspecified atom stereocenters. The van der Waals surface area contributed by atoms with Crippen LogP contribution in [-0.2, 0) is 14.6 Å².